The van der Waals surface area contributed by atoms with Crippen LogP contribution < -0.4 is 5.32 Å². The molecule has 1 amide bonds. The number of anilines is 1. The van der Waals surface area contributed by atoms with Crippen LogP contribution in [0, 0.1) is 0 Å². The van der Waals surface area contributed by atoms with E-state index in [0.29, 0.717) is 32.5 Å². The van der Waals surface area contributed by atoms with E-state index >= 15 is 0 Å². The summed E-state index contributed by atoms with van der Waals surface area (Å²) < 4.78 is 0. The topological polar surface area (TPSA) is 70.7 Å². The summed E-state index contributed by atoms with van der Waals surface area (Å²) in [5.74, 6) is -0.299. The Morgan fingerprint density at radius 2 is 1.85 bits per heavy atom. The molecule has 0 fully saturated rings. The number of carbonyl (C=O) groups excluding carboxylic acids is 1. The standard InChI is InChI=1S/C13H8Cl2N4O/c14-8-2-9(15)4-10(3-8)19-13(20)7-1-11-12(16-5-7)18-6-17-11/h1-6H,(H,19,20)(H,16,17,18). The van der Waals surface area contributed by atoms with Crippen molar-refractivity contribution in [2.75, 3.05) is 5.32 Å². The van der Waals surface area contributed by atoms with Gasteiger partial charge in [0, 0.05) is 21.9 Å². The lowest BCUT2D eigenvalue weighted by Gasteiger charge is -2.06. The van der Waals surface area contributed by atoms with Gasteiger partial charge in [-0.3, -0.25) is 4.79 Å². The molecule has 5 nitrogen and oxygen atoms in total. The highest BCUT2D eigenvalue weighted by atomic mass is 35.5. The molecule has 0 unspecified atom stereocenters. The Kier molecular flexibility index (Phi) is 3.30. The Morgan fingerprint density at radius 3 is 2.60 bits per heavy atom. The molecule has 7 heteroatoms. The molecule has 2 aromatic heterocycles. The minimum absolute atomic E-state index is 0.299. The van der Waals surface area contributed by atoms with Crippen LogP contribution in [0.15, 0.2) is 36.8 Å². The molecule has 0 bridgehead atoms. The Balaban J connectivity index is 1.88. The lowest BCUT2D eigenvalue weighted by Crippen LogP contribution is -2.12. The predicted octanol–water partition coefficient (Wildman–Crippen LogP) is 3.52. The highest BCUT2D eigenvalue weighted by Crippen LogP contribution is 2.23. The van der Waals surface area contributed by atoms with Gasteiger partial charge in [-0.05, 0) is 24.3 Å². The van der Waals surface area contributed by atoms with Crippen molar-refractivity contribution in [3.63, 3.8) is 0 Å². The molecule has 0 aliphatic heterocycles. The molecule has 3 rings (SSSR count). The number of nitrogens with zero attached hydrogens (tertiary/aromatic N) is 2. The SMILES string of the molecule is O=C(Nc1cc(Cl)cc(Cl)c1)c1cnc2nc[nH]c2c1. The van der Waals surface area contributed by atoms with Crippen LogP contribution >= 0.6 is 23.2 Å². The summed E-state index contributed by atoms with van der Waals surface area (Å²) in [5.41, 5.74) is 2.20. The summed E-state index contributed by atoms with van der Waals surface area (Å²) in [6.45, 7) is 0. The smallest absolute Gasteiger partial charge is 0.257 e. The third-order valence-electron chi connectivity index (χ3n) is 2.66. The third-order valence-corrected chi connectivity index (χ3v) is 3.09. The van der Waals surface area contributed by atoms with Crippen molar-refractivity contribution in [2.24, 2.45) is 0 Å². The fourth-order valence-corrected chi connectivity index (χ4v) is 2.31. The van der Waals surface area contributed by atoms with Crippen molar-refractivity contribution >= 4 is 46.0 Å². The predicted molar refractivity (Wildman–Crippen MR) is 78.3 cm³/mol. The van der Waals surface area contributed by atoms with Gasteiger partial charge in [-0.15, -0.1) is 0 Å². The average Bonchev–Trinajstić information content (AvgIpc) is 2.84. The van der Waals surface area contributed by atoms with Gasteiger partial charge in [0.2, 0.25) is 0 Å². The fraction of sp³-hybridized carbons (Fsp3) is 0. The summed E-state index contributed by atoms with van der Waals surface area (Å²) in [6.07, 6.45) is 2.99. The summed E-state index contributed by atoms with van der Waals surface area (Å²) in [5, 5.41) is 3.62. The number of benzene rings is 1. The van der Waals surface area contributed by atoms with E-state index in [9.17, 15) is 4.79 Å². The summed E-state index contributed by atoms with van der Waals surface area (Å²) in [6, 6.07) is 6.51. The second kappa shape index (κ2) is 5.11. The van der Waals surface area contributed by atoms with Crippen molar-refractivity contribution in [3.8, 4) is 0 Å². The zero-order chi connectivity index (χ0) is 14.1. The second-order valence-corrected chi connectivity index (χ2v) is 4.98. The van der Waals surface area contributed by atoms with Gasteiger partial charge in [-0.2, -0.15) is 0 Å². The van der Waals surface area contributed by atoms with Crippen LogP contribution in [0.5, 0.6) is 0 Å². The first kappa shape index (κ1) is 12.9. The number of nitrogens with one attached hydrogen (secondary N) is 2. The quantitative estimate of drug-likeness (QED) is 0.761. The first-order valence-electron chi connectivity index (χ1n) is 5.68. The molecular formula is C13H8Cl2N4O. The number of amides is 1. The third kappa shape index (κ3) is 2.59. The van der Waals surface area contributed by atoms with E-state index in [2.05, 4.69) is 20.3 Å². The highest BCUT2D eigenvalue weighted by Gasteiger charge is 2.09. The van der Waals surface area contributed by atoms with E-state index in [0.717, 1.165) is 0 Å². The number of fused-ring (bicyclic) bond motifs is 1. The number of aromatic amines is 1. The normalized spacial score (nSPS) is 10.7. The monoisotopic (exact) mass is 306 g/mol. The molecule has 0 spiro atoms. The fourth-order valence-electron chi connectivity index (χ4n) is 1.78. The van der Waals surface area contributed by atoms with Gasteiger partial charge in [0.15, 0.2) is 5.65 Å². The molecule has 0 atom stereocenters. The first-order valence-corrected chi connectivity index (χ1v) is 6.44. The molecule has 1 aromatic carbocycles. The minimum atomic E-state index is -0.299. The van der Waals surface area contributed by atoms with E-state index in [1.165, 1.54) is 12.5 Å². The number of aromatic nitrogens is 3. The van der Waals surface area contributed by atoms with Crippen LogP contribution in [0.4, 0.5) is 5.69 Å². The number of carbonyl (C=O) groups is 1. The molecule has 3 aromatic rings. The minimum Gasteiger partial charge on any atom is -0.343 e. The molecule has 0 saturated heterocycles. The van der Waals surface area contributed by atoms with Gasteiger partial charge in [0.1, 0.15) is 0 Å². The van der Waals surface area contributed by atoms with Gasteiger partial charge in [0.25, 0.3) is 5.91 Å². The van der Waals surface area contributed by atoms with Crippen LogP contribution in [-0.2, 0) is 0 Å². The van der Waals surface area contributed by atoms with E-state index in [4.69, 9.17) is 23.2 Å². The molecule has 0 aliphatic rings. The summed E-state index contributed by atoms with van der Waals surface area (Å²) >= 11 is 11.8. The molecular weight excluding hydrogens is 299 g/mol. The van der Waals surface area contributed by atoms with E-state index in [1.807, 2.05) is 0 Å². The van der Waals surface area contributed by atoms with Crippen LogP contribution in [0.3, 0.4) is 0 Å². The molecule has 0 radical (unpaired) electrons. The average molecular weight is 307 g/mol. The Bertz CT molecular complexity index is 780. The number of hydrogen-bond acceptors (Lipinski definition) is 3. The van der Waals surface area contributed by atoms with E-state index in [-0.39, 0.29) is 5.91 Å². The van der Waals surface area contributed by atoms with Crippen molar-refractivity contribution < 1.29 is 4.79 Å². The highest BCUT2D eigenvalue weighted by molar-refractivity contribution is 6.35. The Hall–Kier alpha value is -2.11. The largest absolute Gasteiger partial charge is 0.343 e. The van der Waals surface area contributed by atoms with Crippen LogP contribution in [0.1, 0.15) is 10.4 Å². The molecule has 0 aliphatic carbocycles. The number of halogens is 2. The van der Waals surface area contributed by atoms with Crippen LogP contribution in [-0.4, -0.2) is 20.9 Å². The lowest BCUT2D eigenvalue weighted by molar-refractivity contribution is 0.102. The second-order valence-electron chi connectivity index (χ2n) is 4.11. The lowest BCUT2D eigenvalue weighted by atomic mass is 10.2. The van der Waals surface area contributed by atoms with Gasteiger partial charge in [-0.25, -0.2) is 9.97 Å². The molecule has 2 heterocycles. The number of H-pyrrole nitrogens is 1. The maximum atomic E-state index is 12.1. The maximum absolute atomic E-state index is 12.1. The molecule has 20 heavy (non-hydrogen) atoms. The van der Waals surface area contributed by atoms with Crippen LogP contribution in [0.2, 0.25) is 10.0 Å². The zero-order valence-electron chi connectivity index (χ0n) is 10.0. The van der Waals surface area contributed by atoms with E-state index < -0.39 is 0 Å². The zero-order valence-corrected chi connectivity index (χ0v) is 11.5. The number of rotatable bonds is 2. The Morgan fingerprint density at radius 1 is 1.10 bits per heavy atom. The summed E-state index contributed by atoms with van der Waals surface area (Å²) in [7, 11) is 0. The van der Waals surface area contributed by atoms with Crippen molar-refractivity contribution in [1.29, 1.82) is 0 Å². The molecule has 0 saturated carbocycles. The number of imidazole rings is 1. The summed E-state index contributed by atoms with van der Waals surface area (Å²) in [4.78, 5) is 23.1. The van der Waals surface area contributed by atoms with Crippen molar-refractivity contribution in [1.82, 2.24) is 15.0 Å². The number of hydrogen-bond donors (Lipinski definition) is 2. The number of pyridine rings is 1. The van der Waals surface area contributed by atoms with Crippen molar-refractivity contribution in [3.05, 3.63) is 52.4 Å². The van der Waals surface area contributed by atoms with Gasteiger partial charge in [0.05, 0.1) is 17.4 Å². The van der Waals surface area contributed by atoms with Crippen LogP contribution in [0.25, 0.3) is 11.2 Å². The molecule has 2 N–H and O–H groups in total. The van der Waals surface area contributed by atoms with Gasteiger partial charge >= 0.3 is 0 Å². The maximum Gasteiger partial charge on any atom is 0.257 e. The van der Waals surface area contributed by atoms with Crippen molar-refractivity contribution in [2.45, 2.75) is 0 Å². The Labute approximate surface area is 124 Å². The van der Waals surface area contributed by atoms with E-state index in [1.54, 1.807) is 24.3 Å². The first-order chi connectivity index (χ1) is 9.61. The molecule has 100 valence electrons. The van der Waals surface area contributed by atoms with Gasteiger partial charge < -0.3 is 10.3 Å². The van der Waals surface area contributed by atoms with Gasteiger partial charge in [-0.1, -0.05) is 23.2 Å².